The van der Waals surface area contributed by atoms with Crippen molar-refractivity contribution in [2.24, 2.45) is 16.8 Å². The summed E-state index contributed by atoms with van der Waals surface area (Å²) in [6.45, 7) is 2.72. The number of halogens is 1. The third-order valence-electron chi connectivity index (χ3n) is 7.01. The first kappa shape index (κ1) is 20.7. The highest BCUT2D eigenvalue weighted by atomic mass is 32.2. The number of hydrogen-bond donors (Lipinski definition) is 2. The second-order valence-corrected chi connectivity index (χ2v) is 10.4. The SMILES string of the molecule is C[C@H]1CC[C@H](N(CCc2cccc(F)c2)C(=O)NC2=NC=C3SC4(C(=O)C4O)C32)CC1. The molecule has 1 aromatic carbocycles. The molecule has 3 unspecified atom stereocenters. The van der Waals surface area contributed by atoms with Crippen LogP contribution in [0.5, 0.6) is 0 Å². The monoisotopic (exact) mass is 443 g/mol. The van der Waals surface area contributed by atoms with Gasteiger partial charge in [-0.05, 0) is 55.7 Å². The molecule has 31 heavy (non-hydrogen) atoms. The van der Waals surface area contributed by atoms with Gasteiger partial charge in [-0.2, -0.15) is 0 Å². The number of aliphatic imine (C=N–C) groups is 1. The van der Waals surface area contributed by atoms with Gasteiger partial charge in [0.05, 0.1) is 5.92 Å². The standard InChI is InChI=1S/C23H26FN3O3S/c1-13-5-7-16(8-6-13)27(10-9-14-3-2-4-15(24)11-14)22(30)26-21-18-17(12-25-21)31-23(18)19(28)20(23)29/h2-4,11-13,16,18-19,28H,5-10H2,1H3,(H,25,26,30)/t13-,16-,18?,19?,23?. The van der Waals surface area contributed by atoms with Gasteiger partial charge in [0.1, 0.15) is 22.5 Å². The van der Waals surface area contributed by atoms with Gasteiger partial charge in [0.25, 0.3) is 0 Å². The summed E-state index contributed by atoms with van der Waals surface area (Å²) < 4.78 is 12.7. The van der Waals surface area contributed by atoms with E-state index in [0.29, 0.717) is 24.7 Å². The molecule has 0 bridgehead atoms. The normalized spacial score (nSPS) is 33.3. The Morgan fingerprint density at radius 1 is 1.35 bits per heavy atom. The Bertz CT molecular complexity index is 988. The average Bonchev–Trinajstić information content (AvgIpc) is 3.11. The number of benzene rings is 1. The maximum absolute atomic E-state index is 13.6. The quantitative estimate of drug-likeness (QED) is 0.749. The fourth-order valence-corrected chi connectivity index (χ4v) is 6.49. The Hall–Kier alpha value is -2.19. The van der Waals surface area contributed by atoms with Crippen molar-refractivity contribution in [2.75, 3.05) is 6.54 Å². The van der Waals surface area contributed by atoms with Crippen molar-refractivity contribution >= 4 is 29.4 Å². The van der Waals surface area contributed by atoms with E-state index in [1.165, 1.54) is 23.9 Å². The molecule has 2 N–H and O–H groups in total. The van der Waals surface area contributed by atoms with E-state index in [0.717, 1.165) is 36.2 Å². The molecule has 0 radical (unpaired) electrons. The number of aliphatic hydroxyl groups is 1. The lowest BCUT2D eigenvalue weighted by molar-refractivity contribution is -0.113. The van der Waals surface area contributed by atoms with E-state index in [1.54, 1.807) is 12.3 Å². The molecule has 1 aromatic rings. The van der Waals surface area contributed by atoms with Crippen LogP contribution in [0.25, 0.3) is 0 Å². The number of nitrogens with one attached hydrogen (secondary N) is 1. The predicted molar refractivity (Wildman–Crippen MR) is 117 cm³/mol. The molecule has 3 atom stereocenters. The maximum atomic E-state index is 13.6. The highest BCUT2D eigenvalue weighted by Gasteiger charge is 2.78. The minimum Gasteiger partial charge on any atom is -0.383 e. The number of hydrogen-bond acceptors (Lipinski definition) is 5. The fourth-order valence-electron chi connectivity index (χ4n) is 5.04. The molecule has 1 spiro atoms. The Kier molecular flexibility index (Phi) is 5.17. The summed E-state index contributed by atoms with van der Waals surface area (Å²) in [4.78, 5) is 32.4. The van der Waals surface area contributed by atoms with Gasteiger partial charge in [0, 0.05) is 23.7 Å². The van der Waals surface area contributed by atoms with E-state index in [1.807, 2.05) is 11.0 Å². The number of Topliss-reactive ketones (excluding diaryl/α,β-unsaturated/α-hetero) is 1. The van der Waals surface area contributed by atoms with Gasteiger partial charge in [-0.25, -0.2) is 14.2 Å². The number of aliphatic hydroxyl groups excluding tert-OH is 1. The molecule has 8 heteroatoms. The molecule has 4 aliphatic rings. The van der Waals surface area contributed by atoms with Crippen LogP contribution >= 0.6 is 11.8 Å². The topological polar surface area (TPSA) is 82.0 Å². The first-order chi connectivity index (χ1) is 14.9. The van der Waals surface area contributed by atoms with E-state index in [9.17, 15) is 19.1 Å². The van der Waals surface area contributed by atoms with Crippen molar-refractivity contribution in [1.82, 2.24) is 10.2 Å². The number of urea groups is 1. The third kappa shape index (κ3) is 3.49. The number of carbonyl (C=O) groups excluding carboxylic acids is 2. The fraction of sp³-hybridized carbons (Fsp3) is 0.522. The molecular weight excluding hydrogens is 417 g/mol. The Morgan fingerprint density at radius 2 is 2.10 bits per heavy atom. The van der Waals surface area contributed by atoms with E-state index >= 15 is 0 Å². The Morgan fingerprint density at radius 3 is 2.77 bits per heavy atom. The van der Waals surface area contributed by atoms with Gasteiger partial charge in [-0.1, -0.05) is 19.1 Å². The molecule has 0 aromatic heterocycles. The second-order valence-electron chi connectivity index (χ2n) is 9.06. The first-order valence-corrected chi connectivity index (χ1v) is 11.7. The predicted octanol–water partition coefficient (Wildman–Crippen LogP) is 3.26. The molecule has 1 saturated heterocycles. The lowest BCUT2D eigenvalue weighted by Crippen LogP contribution is -2.53. The van der Waals surface area contributed by atoms with Crippen molar-refractivity contribution in [3.05, 3.63) is 46.8 Å². The number of fused-ring (bicyclic) bond motifs is 2. The lowest BCUT2D eigenvalue weighted by atomic mass is 9.86. The summed E-state index contributed by atoms with van der Waals surface area (Å²) in [5.41, 5.74) is 0.852. The van der Waals surface area contributed by atoms with Gasteiger partial charge in [-0.3, -0.25) is 10.1 Å². The molecule has 3 fully saturated rings. The van der Waals surface area contributed by atoms with E-state index in [-0.39, 0.29) is 29.6 Å². The second kappa shape index (κ2) is 7.74. The number of nitrogens with zero attached hydrogens (tertiary/aromatic N) is 2. The summed E-state index contributed by atoms with van der Waals surface area (Å²) in [6, 6.07) is 6.36. The van der Waals surface area contributed by atoms with Crippen molar-refractivity contribution in [1.29, 1.82) is 0 Å². The summed E-state index contributed by atoms with van der Waals surface area (Å²) >= 11 is 1.35. The summed E-state index contributed by atoms with van der Waals surface area (Å²) in [5, 5.41) is 12.9. The summed E-state index contributed by atoms with van der Waals surface area (Å²) in [5.74, 6) is 0.306. The van der Waals surface area contributed by atoms with Gasteiger partial charge in [0.15, 0.2) is 5.78 Å². The van der Waals surface area contributed by atoms with Crippen LogP contribution in [0, 0.1) is 17.7 Å². The van der Waals surface area contributed by atoms with Crippen molar-refractivity contribution in [2.45, 2.75) is 55.9 Å². The molecule has 5 rings (SSSR count). The highest BCUT2D eigenvalue weighted by Crippen LogP contribution is 2.67. The molecular formula is C23H26FN3O3S. The number of amidine groups is 1. The van der Waals surface area contributed by atoms with Crippen LogP contribution in [-0.4, -0.2) is 51.1 Å². The largest absolute Gasteiger partial charge is 0.383 e. The van der Waals surface area contributed by atoms with E-state index < -0.39 is 10.9 Å². The smallest absolute Gasteiger partial charge is 0.323 e. The van der Waals surface area contributed by atoms with Crippen LogP contribution in [0.4, 0.5) is 9.18 Å². The molecule has 2 aliphatic carbocycles. The van der Waals surface area contributed by atoms with Crippen molar-refractivity contribution in [3.8, 4) is 0 Å². The highest BCUT2D eigenvalue weighted by molar-refractivity contribution is 8.07. The third-order valence-corrected chi connectivity index (χ3v) is 8.59. The Balaban J connectivity index is 1.29. The van der Waals surface area contributed by atoms with Crippen LogP contribution in [0.1, 0.15) is 38.2 Å². The molecule has 2 heterocycles. The van der Waals surface area contributed by atoms with Gasteiger partial charge in [-0.15, -0.1) is 11.8 Å². The molecule has 2 amide bonds. The van der Waals surface area contributed by atoms with Gasteiger partial charge >= 0.3 is 6.03 Å². The minimum absolute atomic E-state index is 0.122. The lowest BCUT2D eigenvalue weighted by Gasteiger charge is -2.38. The first-order valence-electron chi connectivity index (χ1n) is 10.9. The number of thioether (sulfide) groups is 1. The molecule has 2 saturated carbocycles. The van der Waals surface area contributed by atoms with Crippen LogP contribution in [0.3, 0.4) is 0 Å². The average molecular weight is 444 g/mol. The Labute approximate surface area is 185 Å². The zero-order valence-corrected chi connectivity index (χ0v) is 18.2. The molecule has 2 aliphatic heterocycles. The van der Waals surface area contributed by atoms with Crippen LogP contribution < -0.4 is 5.32 Å². The zero-order valence-electron chi connectivity index (χ0n) is 17.4. The molecule has 164 valence electrons. The van der Waals surface area contributed by atoms with Crippen molar-refractivity contribution in [3.63, 3.8) is 0 Å². The number of amides is 2. The number of rotatable bonds is 4. The van der Waals surface area contributed by atoms with Crippen LogP contribution in [0.15, 0.2) is 40.4 Å². The summed E-state index contributed by atoms with van der Waals surface area (Å²) in [6.07, 6.45) is 5.28. The van der Waals surface area contributed by atoms with Gasteiger partial charge < -0.3 is 10.0 Å². The number of ketones is 1. The maximum Gasteiger partial charge on any atom is 0.323 e. The van der Waals surface area contributed by atoms with E-state index in [4.69, 9.17) is 0 Å². The zero-order chi connectivity index (χ0) is 21.8. The minimum atomic E-state index is -0.983. The molecule has 6 nitrogen and oxygen atoms in total. The number of carbonyl (C=O) groups is 2. The van der Waals surface area contributed by atoms with Crippen LogP contribution in [-0.2, 0) is 11.2 Å². The van der Waals surface area contributed by atoms with Crippen LogP contribution in [0.2, 0.25) is 0 Å². The van der Waals surface area contributed by atoms with E-state index in [2.05, 4.69) is 17.2 Å². The van der Waals surface area contributed by atoms with Crippen molar-refractivity contribution < 1.29 is 19.1 Å². The van der Waals surface area contributed by atoms with Gasteiger partial charge in [0.2, 0.25) is 0 Å². The summed E-state index contributed by atoms with van der Waals surface area (Å²) in [7, 11) is 0.